The lowest BCUT2D eigenvalue weighted by Gasteiger charge is -2.13. The molecule has 2 rings (SSSR count). The van der Waals surface area contributed by atoms with Crippen LogP contribution in [0.15, 0.2) is 52.5 Å². The molecule has 5 nitrogen and oxygen atoms in total. The fraction of sp³-hybridized carbons (Fsp3) is 0.133. The fourth-order valence-electron chi connectivity index (χ4n) is 1.73. The van der Waals surface area contributed by atoms with Crippen molar-refractivity contribution >= 4 is 35.0 Å². The number of nitrogens with zero attached hydrogens (tertiary/aromatic N) is 1. The number of rotatable bonds is 4. The highest BCUT2D eigenvalue weighted by Gasteiger charge is 2.40. The minimum atomic E-state index is -5.19. The molecule has 1 aromatic heterocycles. The van der Waals surface area contributed by atoms with E-state index in [1.54, 1.807) is 18.2 Å². The normalized spacial score (nSPS) is 11.8. The molecule has 12 heteroatoms. The summed E-state index contributed by atoms with van der Waals surface area (Å²) in [6.07, 6.45) is -8.96. The van der Waals surface area contributed by atoms with Crippen LogP contribution in [0, 0.1) is 0 Å². The second-order valence-electron chi connectivity index (χ2n) is 4.92. The first kappa shape index (κ1) is 20.6. The first-order valence-electron chi connectivity index (χ1n) is 6.95. The Bertz CT molecular complexity index is 793. The summed E-state index contributed by atoms with van der Waals surface area (Å²) in [4.78, 5) is 26.3. The second kappa shape index (κ2) is 7.86. The van der Waals surface area contributed by atoms with Gasteiger partial charge in [0.1, 0.15) is 5.03 Å². The molecule has 0 atom stereocenters. The average molecular weight is 409 g/mol. The van der Waals surface area contributed by atoms with Crippen molar-refractivity contribution in [2.24, 2.45) is 0 Å². The highest BCUT2D eigenvalue weighted by Crippen LogP contribution is 2.32. The molecule has 27 heavy (non-hydrogen) atoms. The van der Waals surface area contributed by atoms with E-state index in [-0.39, 0.29) is 4.90 Å². The molecule has 1 heterocycles. The Balaban J connectivity index is 2.34. The molecule has 0 bridgehead atoms. The lowest BCUT2D eigenvalue weighted by atomic mass is 10.2. The lowest BCUT2D eigenvalue weighted by Crippen LogP contribution is -2.31. The zero-order chi connectivity index (χ0) is 20.2. The Labute approximate surface area is 152 Å². The fourth-order valence-corrected chi connectivity index (χ4v) is 2.61. The molecule has 0 saturated heterocycles. The molecule has 0 fully saturated rings. The topological polar surface area (TPSA) is 71.1 Å². The van der Waals surface area contributed by atoms with E-state index in [0.717, 1.165) is 30.0 Å². The van der Waals surface area contributed by atoms with E-state index in [4.69, 9.17) is 0 Å². The number of halogens is 6. The molecule has 0 aliphatic heterocycles. The average Bonchev–Trinajstić information content (AvgIpc) is 2.53. The Morgan fingerprint density at radius 3 is 1.78 bits per heavy atom. The molecular formula is C15H9F6N3O2S. The summed E-state index contributed by atoms with van der Waals surface area (Å²) in [5, 5.41) is 3.45. The van der Waals surface area contributed by atoms with Crippen molar-refractivity contribution < 1.29 is 35.9 Å². The summed E-state index contributed by atoms with van der Waals surface area (Å²) in [7, 11) is 0. The quantitative estimate of drug-likeness (QED) is 0.742. The molecule has 0 saturated carbocycles. The van der Waals surface area contributed by atoms with Gasteiger partial charge in [-0.25, -0.2) is 4.98 Å². The van der Waals surface area contributed by atoms with Crippen molar-refractivity contribution in [1.82, 2.24) is 4.98 Å². The first-order valence-corrected chi connectivity index (χ1v) is 7.77. The summed E-state index contributed by atoms with van der Waals surface area (Å²) in [5.74, 6) is -4.62. The molecule has 0 aliphatic carbocycles. The van der Waals surface area contributed by atoms with E-state index in [0.29, 0.717) is 5.03 Å². The summed E-state index contributed by atoms with van der Waals surface area (Å²) < 4.78 is 74.4. The number of aromatic nitrogens is 1. The van der Waals surface area contributed by atoms with Crippen molar-refractivity contribution in [3.8, 4) is 0 Å². The third kappa shape index (κ3) is 6.16. The summed E-state index contributed by atoms with van der Waals surface area (Å²) >= 11 is 0.909. The standard InChI is InChI=1S/C15H9F6N3O2S/c16-14(17,18)12(25)23-8-5-9(24-13(26)15(19,20)21)7-10(6-8)27-11-3-1-2-4-22-11/h1-7H,(H,23,25)(H,24,26). The Morgan fingerprint density at radius 1 is 0.852 bits per heavy atom. The van der Waals surface area contributed by atoms with E-state index in [1.807, 2.05) is 0 Å². The molecule has 1 aromatic carbocycles. The van der Waals surface area contributed by atoms with Gasteiger partial charge in [-0.15, -0.1) is 0 Å². The number of pyridine rings is 1. The highest BCUT2D eigenvalue weighted by atomic mass is 32.2. The van der Waals surface area contributed by atoms with Gasteiger partial charge in [-0.05, 0) is 30.3 Å². The number of alkyl halides is 6. The van der Waals surface area contributed by atoms with Crippen molar-refractivity contribution in [3.63, 3.8) is 0 Å². The van der Waals surface area contributed by atoms with Crippen LogP contribution in [0.2, 0.25) is 0 Å². The van der Waals surface area contributed by atoms with Crippen LogP contribution in [0.3, 0.4) is 0 Å². The molecular weight excluding hydrogens is 400 g/mol. The monoisotopic (exact) mass is 409 g/mol. The van der Waals surface area contributed by atoms with Gasteiger partial charge in [-0.2, -0.15) is 26.3 Å². The van der Waals surface area contributed by atoms with Gasteiger partial charge in [0, 0.05) is 22.5 Å². The summed E-state index contributed by atoms with van der Waals surface area (Å²) in [5.41, 5.74) is -0.897. The van der Waals surface area contributed by atoms with Crippen LogP contribution < -0.4 is 10.6 Å². The zero-order valence-electron chi connectivity index (χ0n) is 13.0. The van der Waals surface area contributed by atoms with Gasteiger partial charge in [0.05, 0.1) is 0 Å². The largest absolute Gasteiger partial charge is 0.471 e. The Kier molecular flexibility index (Phi) is 5.98. The van der Waals surface area contributed by atoms with E-state index in [9.17, 15) is 35.9 Å². The van der Waals surface area contributed by atoms with Gasteiger partial charge in [0.2, 0.25) is 0 Å². The van der Waals surface area contributed by atoms with Crippen molar-refractivity contribution in [2.75, 3.05) is 10.6 Å². The summed E-state index contributed by atoms with van der Waals surface area (Å²) in [6, 6.07) is 7.77. The third-order valence-corrected chi connectivity index (χ3v) is 3.72. The first-order chi connectivity index (χ1) is 12.4. The number of hydrogen-bond acceptors (Lipinski definition) is 4. The van der Waals surface area contributed by atoms with Crippen LogP contribution in [0.25, 0.3) is 0 Å². The van der Waals surface area contributed by atoms with E-state index >= 15 is 0 Å². The molecule has 0 spiro atoms. The van der Waals surface area contributed by atoms with Gasteiger partial charge in [0.15, 0.2) is 0 Å². The highest BCUT2D eigenvalue weighted by molar-refractivity contribution is 7.99. The molecule has 0 aliphatic rings. The zero-order valence-corrected chi connectivity index (χ0v) is 13.8. The van der Waals surface area contributed by atoms with Crippen LogP contribution in [0.1, 0.15) is 0 Å². The van der Waals surface area contributed by atoms with Crippen molar-refractivity contribution in [3.05, 3.63) is 42.6 Å². The van der Waals surface area contributed by atoms with Gasteiger partial charge in [-0.3, -0.25) is 9.59 Å². The minimum Gasteiger partial charge on any atom is -0.318 e. The van der Waals surface area contributed by atoms with E-state index in [2.05, 4.69) is 4.98 Å². The Hall–Kier alpha value is -2.76. The van der Waals surface area contributed by atoms with E-state index in [1.165, 1.54) is 16.8 Å². The Morgan fingerprint density at radius 2 is 1.37 bits per heavy atom. The molecule has 0 unspecified atom stereocenters. The predicted molar refractivity (Wildman–Crippen MR) is 84.2 cm³/mol. The van der Waals surface area contributed by atoms with Gasteiger partial charge in [-0.1, -0.05) is 17.8 Å². The van der Waals surface area contributed by atoms with Gasteiger partial charge < -0.3 is 10.6 Å². The molecule has 144 valence electrons. The van der Waals surface area contributed by atoms with Gasteiger partial charge in [0.25, 0.3) is 0 Å². The van der Waals surface area contributed by atoms with Crippen molar-refractivity contribution in [2.45, 2.75) is 22.3 Å². The maximum absolute atomic E-state index is 12.4. The lowest BCUT2D eigenvalue weighted by molar-refractivity contribution is -0.167. The van der Waals surface area contributed by atoms with Crippen LogP contribution in [-0.2, 0) is 9.59 Å². The SMILES string of the molecule is O=C(Nc1cc(NC(=O)C(F)(F)F)cc(Sc2ccccn2)c1)C(F)(F)F. The van der Waals surface area contributed by atoms with Crippen LogP contribution in [0.5, 0.6) is 0 Å². The van der Waals surface area contributed by atoms with Crippen LogP contribution in [-0.4, -0.2) is 29.2 Å². The third-order valence-electron chi connectivity index (χ3n) is 2.80. The van der Waals surface area contributed by atoms with Gasteiger partial charge >= 0.3 is 24.2 Å². The number of hydrogen-bond donors (Lipinski definition) is 2. The maximum atomic E-state index is 12.4. The number of anilines is 2. The van der Waals surface area contributed by atoms with Crippen LogP contribution in [0.4, 0.5) is 37.7 Å². The number of benzene rings is 1. The van der Waals surface area contributed by atoms with Crippen molar-refractivity contribution in [1.29, 1.82) is 0 Å². The predicted octanol–water partition coefficient (Wildman–Crippen LogP) is 4.23. The van der Waals surface area contributed by atoms with E-state index < -0.39 is 35.5 Å². The van der Waals surface area contributed by atoms with Crippen LogP contribution >= 0.6 is 11.8 Å². The molecule has 2 N–H and O–H groups in total. The molecule has 0 radical (unpaired) electrons. The minimum absolute atomic E-state index is 0.145. The molecule has 2 amide bonds. The maximum Gasteiger partial charge on any atom is 0.471 e. The second-order valence-corrected chi connectivity index (χ2v) is 6.01. The smallest absolute Gasteiger partial charge is 0.318 e. The number of amides is 2. The number of carbonyl (C=O) groups excluding carboxylic acids is 2. The molecule has 2 aromatic rings. The number of nitrogens with one attached hydrogen (secondary N) is 2. The summed E-state index contributed by atoms with van der Waals surface area (Å²) in [6.45, 7) is 0. The number of carbonyl (C=O) groups is 2.